The first-order valence-electron chi connectivity index (χ1n) is 17.2. The largest absolute Gasteiger partial charge is 0.497 e. The van der Waals surface area contributed by atoms with Crippen LogP contribution >= 0.6 is 11.8 Å². The molecule has 286 valence electrons. The van der Waals surface area contributed by atoms with E-state index < -0.39 is 36.0 Å². The van der Waals surface area contributed by atoms with Crippen LogP contribution in [0.1, 0.15) is 40.7 Å². The number of hydrogen-bond donors (Lipinski definition) is 2. The van der Waals surface area contributed by atoms with Crippen LogP contribution in [-0.2, 0) is 54.2 Å². The highest BCUT2D eigenvalue weighted by atomic mass is 32.2. The number of carbonyl (C=O) groups is 4. The van der Waals surface area contributed by atoms with Crippen molar-refractivity contribution in [3.05, 3.63) is 125 Å². The van der Waals surface area contributed by atoms with Crippen LogP contribution in [0, 0.1) is 6.92 Å². The van der Waals surface area contributed by atoms with E-state index in [2.05, 4.69) is 10.6 Å². The third-order valence-corrected chi connectivity index (χ3v) is 9.24. The van der Waals surface area contributed by atoms with Gasteiger partial charge in [0, 0.05) is 17.9 Å². The fraction of sp³-hybridized carbons (Fsp3) is 0.317. The van der Waals surface area contributed by atoms with Gasteiger partial charge in [-0.1, -0.05) is 66.2 Å². The minimum Gasteiger partial charge on any atom is -0.497 e. The minimum absolute atomic E-state index is 0.0178. The van der Waals surface area contributed by atoms with Crippen LogP contribution in [0.25, 0.3) is 0 Å². The van der Waals surface area contributed by atoms with E-state index >= 15 is 0 Å². The van der Waals surface area contributed by atoms with E-state index in [-0.39, 0.29) is 38.4 Å². The van der Waals surface area contributed by atoms with E-state index in [1.807, 2.05) is 31.2 Å². The number of ether oxygens (including phenoxy) is 6. The fourth-order valence-corrected chi connectivity index (χ4v) is 5.93. The van der Waals surface area contributed by atoms with Gasteiger partial charge in [-0.3, -0.25) is 4.79 Å². The average Bonchev–Trinajstić information content (AvgIpc) is 3.20. The predicted molar refractivity (Wildman–Crippen MR) is 204 cm³/mol. The Kier molecular flexibility index (Phi) is 16.5. The molecule has 12 nitrogen and oxygen atoms in total. The first-order chi connectivity index (χ1) is 26.1. The number of esters is 3. The molecule has 0 spiro atoms. The first-order valence-corrected chi connectivity index (χ1v) is 18.4. The van der Waals surface area contributed by atoms with Gasteiger partial charge in [0.1, 0.15) is 49.2 Å². The zero-order valence-corrected chi connectivity index (χ0v) is 31.6. The Labute approximate surface area is 319 Å². The molecule has 0 aliphatic carbocycles. The van der Waals surface area contributed by atoms with Crippen molar-refractivity contribution in [1.29, 1.82) is 0 Å². The van der Waals surface area contributed by atoms with Gasteiger partial charge < -0.3 is 39.1 Å². The summed E-state index contributed by atoms with van der Waals surface area (Å²) in [5, 5.41) is 5.27. The minimum atomic E-state index is -1.24. The maximum atomic E-state index is 13.4. The highest BCUT2D eigenvalue weighted by Crippen LogP contribution is 2.18. The highest BCUT2D eigenvalue weighted by molar-refractivity contribution is 7.98. The summed E-state index contributed by atoms with van der Waals surface area (Å²) >= 11 is 1.44. The Bertz CT molecular complexity index is 1780. The van der Waals surface area contributed by atoms with Crippen molar-refractivity contribution in [1.82, 2.24) is 10.6 Å². The van der Waals surface area contributed by atoms with E-state index in [1.54, 1.807) is 94.1 Å². The number of thioether (sulfide) groups is 1. The zero-order valence-electron chi connectivity index (χ0n) is 30.8. The summed E-state index contributed by atoms with van der Waals surface area (Å²) in [7, 11) is 4.67. The van der Waals surface area contributed by atoms with Gasteiger partial charge in [0.25, 0.3) is 0 Å². The standard InChI is InChI=1S/C41H46N2O10S/c1-28-5-7-32(8-6-28)26-54-27-37(40(46)53-25-31-13-19-35(50-4)20-14-31)43-41(47)42-36(39(45)52-24-30-11-17-34(49-3)18-12-30)21-22-38(44)51-23-29-9-15-33(48-2)16-10-29/h5-20,36-37H,21-27H2,1-4H3,(H2,42,43,47)/t36-,37-/m0/s1. The molecule has 2 amide bonds. The second-order valence-electron chi connectivity index (χ2n) is 12.2. The van der Waals surface area contributed by atoms with Gasteiger partial charge in [0.2, 0.25) is 0 Å². The number of methoxy groups -OCH3 is 3. The number of nitrogens with one attached hydrogen (secondary N) is 2. The molecule has 0 saturated heterocycles. The molecule has 2 N–H and O–H groups in total. The first kappa shape index (κ1) is 41.1. The lowest BCUT2D eigenvalue weighted by molar-refractivity contribution is -0.149. The van der Waals surface area contributed by atoms with Crippen molar-refractivity contribution in [3.8, 4) is 17.2 Å². The van der Waals surface area contributed by atoms with Crippen LogP contribution in [0.3, 0.4) is 0 Å². The van der Waals surface area contributed by atoms with E-state index in [0.717, 1.165) is 22.3 Å². The smallest absolute Gasteiger partial charge is 0.329 e. The molecule has 4 aromatic carbocycles. The number of urea groups is 1. The lowest BCUT2D eigenvalue weighted by Crippen LogP contribution is -2.52. The maximum Gasteiger partial charge on any atom is 0.329 e. The van der Waals surface area contributed by atoms with Crippen LogP contribution in [-0.4, -0.2) is 63.1 Å². The van der Waals surface area contributed by atoms with Crippen LogP contribution in [0.5, 0.6) is 17.2 Å². The van der Waals surface area contributed by atoms with Gasteiger partial charge >= 0.3 is 23.9 Å². The molecule has 0 radical (unpaired) electrons. The predicted octanol–water partition coefficient (Wildman–Crippen LogP) is 6.30. The summed E-state index contributed by atoms with van der Waals surface area (Å²) in [6.45, 7) is 1.91. The molecule has 0 aliphatic heterocycles. The lowest BCUT2D eigenvalue weighted by Gasteiger charge is -2.21. The number of benzene rings is 4. The van der Waals surface area contributed by atoms with Gasteiger partial charge in [-0.2, -0.15) is 11.8 Å². The Morgan fingerprint density at radius 2 is 0.963 bits per heavy atom. The Morgan fingerprint density at radius 3 is 1.43 bits per heavy atom. The topological polar surface area (TPSA) is 148 Å². The lowest BCUT2D eigenvalue weighted by atomic mass is 10.1. The average molecular weight is 759 g/mol. The zero-order chi connectivity index (χ0) is 38.7. The molecule has 54 heavy (non-hydrogen) atoms. The fourth-order valence-electron chi connectivity index (χ4n) is 4.93. The summed E-state index contributed by atoms with van der Waals surface area (Å²) in [4.78, 5) is 52.9. The molecule has 0 aliphatic rings. The summed E-state index contributed by atoms with van der Waals surface area (Å²) in [6, 6.07) is 26.0. The number of hydrogen-bond acceptors (Lipinski definition) is 11. The maximum absolute atomic E-state index is 13.4. The Hall–Kier alpha value is -5.69. The van der Waals surface area contributed by atoms with Gasteiger partial charge in [-0.05, 0) is 72.0 Å². The molecule has 0 aromatic heterocycles. The number of aryl methyl sites for hydroxylation is 1. The van der Waals surface area contributed by atoms with Crippen molar-refractivity contribution in [2.45, 2.75) is 57.4 Å². The molecule has 4 aromatic rings. The monoisotopic (exact) mass is 758 g/mol. The van der Waals surface area contributed by atoms with Crippen molar-refractivity contribution < 1.29 is 47.6 Å². The Balaban J connectivity index is 1.41. The molecule has 0 unspecified atom stereocenters. The Morgan fingerprint density at radius 1 is 0.556 bits per heavy atom. The summed E-state index contributed by atoms with van der Waals surface area (Å²) in [6.07, 6.45) is -0.316. The second-order valence-corrected chi connectivity index (χ2v) is 13.2. The molecular weight excluding hydrogens is 713 g/mol. The van der Waals surface area contributed by atoms with E-state index in [1.165, 1.54) is 11.8 Å². The van der Waals surface area contributed by atoms with Crippen molar-refractivity contribution >= 4 is 35.7 Å². The van der Waals surface area contributed by atoms with Gasteiger partial charge in [0.15, 0.2) is 0 Å². The van der Waals surface area contributed by atoms with E-state index in [9.17, 15) is 19.2 Å². The SMILES string of the molecule is COc1ccc(COC(=O)CC[C@H](NC(=O)N[C@@H](CSCc2ccc(C)cc2)C(=O)OCc2ccc(OC)cc2)C(=O)OCc2ccc(OC)cc2)cc1. The van der Waals surface area contributed by atoms with Crippen molar-refractivity contribution in [2.24, 2.45) is 0 Å². The van der Waals surface area contributed by atoms with Gasteiger partial charge in [-0.25, -0.2) is 14.4 Å². The van der Waals surface area contributed by atoms with E-state index in [0.29, 0.717) is 28.6 Å². The second kappa shape index (κ2) is 21.7. The summed E-state index contributed by atoms with van der Waals surface area (Å²) < 4.78 is 32.1. The third-order valence-electron chi connectivity index (χ3n) is 8.13. The molecule has 0 heterocycles. The highest BCUT2D eigenvalue weighted by Gasteiger charge is 2.28. The summed E-state index contributed by atoms with van der Waals surface area (Å²) in [5.41, 5.74) is 4.36. The molecule has 0 bridgehead atoms. The number of amides is 2. The third kappa shape index (κ3) is 14.0. The normalized spacial score (nSPS) is 11.7. The van der Waals surface area contributed by atoms with Crippen LogP contribution in [0.15, 0.2) is 97.1 Å². The molecule has 13 heteroatoms. The molecule has 4 rings (SSSR count). The van der Waals surface area contributed by atoms with Gasteiger partial charge in [0.05, 0.1) is 21.3 Å². The molecule has 2 atom stereocenters. The van der Waals surface area contributed by atoms with Crippen molar-refractivity contribution in [3.63, 3.8) is 0 Å². The van der Waals surface area contributed by atoms with Crippen LogP contribution in [0.4, 0.5) is 4.79 Å². The van der Waals surface area contributed by atoms with Crippen LogP contribution in [0.2, 0.25) is 0 Å². The number of rotatable bonds is 20. The van der Waals surface area contributed by atoms with Crippen molar-refractivity contribution in [2.75, 3.05) is 27.1 Å². The van der Waals surface area contributed by atoms with E-state index in [4.69, 9.17) is 28.4 Å². The molecule has 0 saturated carbocycles. The van der Waals surface area contributed by atoms with Gasteiger partial charge in [-0.15, -0.1) is 0 Å². The summed E-state index contributed by atoms with van der Waals surface area (Å²) in [5.74, 6) is 0.753. The van der Waals surface area contributed by atoms with Crippen LogP contribution < -0.4 is 24.8 Å². The molecular formula is C41H46N2O10S. The molecule has 0 fully saturated rings. The quantitative estimate of drug-likeness (QED) is 0.0773. The number of carbonyl (C=O) groups excluding carboxylic acids is 4.